The maximum absolute atomic E-state index is 15.6. The van der Waals surface area contributed by atoms with E-state index in [1.807, 2.05) is 6.07 Å². The summed E-state index contributed by atoms with van der Waals surface area (Å²) in [6.07, 6.45) is 4.02. The molecule has 2 aromatic carbocycles. The monoisotopic (exact) mass is 530 g/mol. The Kier molecular flexibility index (Phi) is 6.70. The molecule has 1 saturated carbocycles. The first-order valence-electron chi connectivity index (χ1n) is 12.6. The van der Waals surface area contributed by atoms with Crippen LogP contribution in [0.5, 0.6) is 0 Å². The van der Waals surface area contributed by atoms with E-state index in [9.17, 15) is 13.5 Å². The third-order valence-electron chi connectivity index (χ3n) is 7.97. The lowest BCUT2D eigenvalue weighted by atomic mass is 9.54. The van der Waals surface area contributed by atoms with E-state index in [2.05, 4.69) is 15.2 Å². The van der Waals surface area contributed by atoms with Crippen LogP contribution in [0.15, 0.2) is 48.8 Å². The summed E-state index contributed by atoms with van der Waals surface area (Å²) in [4.78, 5) is 4.12. The van der Waals surface area contributed by atoms with Gasteiger partial charge >= 0.3 is 0 Å². The molecule has 1 saturated heterocycles. The van der Waals surface area contributed by atoms with Crippen LogP contribution >= 0.6 is 0 Å². The van der Waals surface area contributed by atoms with E-state index in [-0.39, 0.29) is 23.7 Å². The number of benzene rings is 2. The summed E-state index contributed by atoms with van der Waals surface area (Å²) in [5, 5.41) is 16.4. The standard InChI is InChI=1S/C27H32F2N4O3S/c1-18-8-9-24(19-6-4-3-5-7-19)37(35,36)33(18)14-20-12-23(29)21(13-22(20)28)27(15-26(2,34)16-27)11-10-25-30-17-31-32-25/h3-7,12-13,17-18,24,34H,8-11,14-16H2,1-2H3,(H,30,31,32)/t18-,24+,26?,27?/m0/s1. The van der Waals surface area contributed by atoms with Crippen LogP contribution in [0.3, 0.4) is 0 Å². The van der Waals surface area contributed by atoms with Crippen molar-refractivity contribution < 1.29 is 22.3 Å². The number of hydrogen-bond donors (Lipinski definition) is 2. The smallest absolute Gasteiger partial charge is 0.221 e. The van der Waals surface area contributed by atoms with Crippen LogP contribution in [-0.4, -0.2) is 44.7 Å². The van der Waals surface area contributed by atoms with Gasteiger partial charge < -0.3 is 5.11 Å². The third kappa shape index (κ3) is 4.94. The largest absolute Gasteiger partial charge is 0.390 e. The van der Waals surface area contributed by atoms with Crippen molar-refractivity contribution in [1.29, 1.82) is 0 Å². The van der Waals surface area contributed by atoms with Gasteiger partial charge in [0.05, 0.1) is 5.60 Å². The van der Waals surface area contributed by atoms with Crippen LogP contribution < -0.4 is 0 Å². The number of aromatic nitrogens is 3. The number of aryl methyl sites for hydroxylation is 1. The van der Waals surface area contributed by atoms with E-state index in [1.165, 1.54) is 16.7 Å². The van der Waals surface area contributed by atoms with E-state index >= 15 is 8.78 Å². The first-order valence-corrected chi connectivity index (χ1v) is 14.1. The number of nitrogens with zero attached hydrogens (tertiary/aromatic N) is 3. The quantitative estimate of drug-likeness (QED) is 0.467. The van der Waals surface area contributed by atoms with Gasteiger partial charge in [-0.05, 0) is 69.2 Å². The molecule has 2 N–H and O–H groups in total. The van der Waals surface area contributed by atoms with Gasteiger partial charge in [0.15, 0.2) is 0 Å². The van der Waals surface area contributed by atoms with Crippen LogP contribution in [0.25, 0.3) is 0 Å². The Hall–Kier alpha value is -2.69. The Morgan fingerprint density at radius 1 is 1.14 bits per heavy atom. The maximum Gasteiger partial charge on any atom is 0.221 e. The van der Waals surface area contributed by atoms with Crippen molar-refractivity contribution in [3.05, 3.63) is 82.9 Å². The van der Waals surface area contributed by atoms with Crippen LogP contribution in [0.4, 0.5) is 8.78 Å². The van der Waals surface area contributed by atoms with Gasteiger partial charge in [-0.15, -0.1) is 0 Å². The van der Waals surface area contributed by atoms with E-state index in [0.29, 0.717) is 49.9 Å². The molecule has 0 amide bonds. The van der Waals surface area contributed by atoms with Gasteiger partial charge in [0, 0.05) is 30.0 Å². The zero-order valence-electron chi connectivity index (χ0n) is 21.0. The van der Waals surface area contributed by atoms with Crippen molar-refractivity contribution in [2.45, 2.75) is 81.2 Å². The number of H-pyrrole nitrogens is 1. The Balaban J connectivity index is 1.42. The Bertz CT molecular complexity index is 1360. The van der Waals surface area contributed by atoms with Crippen molar-refractivity contribution in [1.82, 2.24) is 19.5 Å². The highest BCUT2D eigenvalue weighted by atomic mass is 32.2. The van der Waals surface area contributed by atoms with Gasteiger partial charge in [0.2, 0.25) is 10.0 Å². The molecule has 1 aliphatic carbocycles. The molecule has 37 heavy (non-hydrogen) atoms. The molecule has 198 valence electrons. The van der Waals surface area contributed by atoms with Crippen molar-refractivity contribution in [3.63, 3.8) is 0 Å². The van der Waals surface area contributed by atoms with Crippen LogP contribution in [0, 0.1) is 11.6 Å². The van der Waals surface area contributed by atoms with Crippen molar-refractivity contribution >= 4 is 10.0 Å². The number of aromatic amines is 1. The second-order valence-corrected chi connectivity index (χ2v) is 13.0. The fraction of sp³-hybridized carbons (Fsp3) is 0.481. The summed E-state index contributed by atoms with van der Waals surface area (Å²) in [7, 11) is -3.78. The van der Waals surface area contributed by atoms with Gasteiger partial charge in [0.25, 0.3) is 0 Å². The highest BCUT2D eigenvalue weighted by Gasteiger charge is 2.53. The van der Waals surface area contributed by atoms with Gasteiger partial charge in [-0.25, -0.2) is 22.2 Å². The molecule has 2 aliphatic rings. The van der Waals surface area contributed by atoms with E-state index < -0.39 is 37.9 Å². The Morgan fingerprint density at radius 2 is 1.86 bits per heavy atom. The fourth-order valence-electron chi connectivity index (χ4n) is 6.25. The molecule has 0 unspecified atom stereocenters. The third-order valence-corrected chi connectivity index (χ3v) is 10.3. The Labute approximate surface area is 216 Å². The maximum atomic E-state index is 15.6. The predicted molar refractivity (Wildman–Crippen MR) is 135 cm³/mol. The van der Waals surface area contributed by atoms with Gasteiger partial charge in [-0.3, -0.25) is 5.10 Å². The summed E-state index contributed by atoms with van der Waals surface area (Å²) in [6, 6.07) is 11.0. The number of halogens is 2. The molecule has 1 aromatic heterocycles. The molecule has 0 spiro atoms. The molecule has 7 nitrogen and oxygen atoms in total. The summed E-state index contributed by atoms with van der Waals surface area (Å²) >= 11 is 0. The molecule has 0 bridgehead atoms. The predicted octanol–water partition coefficient (Wildman–Crippen LogP) is 4.55. The lowest BCUT2D eigenvalue weighted by Crippen LogP contribution is -2.53. The van der Waals surface area contributed by atoms with Crippen molar-refractivity contribution in [3.8, 4) is 0 Å². The minimum atomic E-state index is -3.78. The topological polar surface area (TPSA) is 99.2 Å². The number of hydrogen-bond acceptors (Lipinski definition) is 5. The average Bonchev–Trinajstić information content (AvgIpc) is 3.35. The number of sulfonamides is 1. The molecule has 1 aliphatic heterocycles. The molecule has 5 rings (SSSR count). The van der Waals surface area contributed by atoms with Crippen LogP contribution in [-0.2, 0) is 28.4 Å². The summed E-state index contributed by atoms with van der Waals surface area (Å²) in [5.74, 6) is -0.599. The second kappa shape index (κ2) is 9.56. The van der Waals surface area contributed by atoms with Crippen LogP contribution in [0.2, 0.25) is 0 Å². The Morgan fingerprint density at radius 3 is 2.51 bits per heavy atom. The summed E-state index contributed by atoms with van der Waals surface area (Å²) < 4.78 is 59.5. The highest BCUT2D eigenvalue weighted by molar-refractivity contribution is 7.89. The first-order chi connectivity index (χ1) is 17.5. The zero-order valence-corrected chi connectivity index (χ0v) is 21.8. The van der Waals surface area contributed by atoms with Gasteiger partial charge in [-0.2, -0.15) is 9.40 Å². The summed E-state index contributed by atoms with van der Waals surface area (Å²) in [5.41, 5.74) is -0.805. The minimum Gasteiger partial charge on any atom is -0.390 e. The summed E-state index contributed by atoms with van der Waals surface area (Å²) in [6.45, 7) is 3.25. The average molecular weight is 531 g/mol. The number of nitrogens with one attached hydrogen (secondary N) is 1. The van der Waals surface area contributed by atoms with E-state index in [0.717, 1.165) is 6.07 Å². The highest BCUT2D eigenvalue weighted by Crippen LogP contribution is 2.53. The molecular weight excluding hydrogens is 498 g/mol. The number of aliphatic hydroxyl groups is 1. The van der Waals surface area contributed by atoms with Gasteiger partial charge in [-0.1, -0.05) is 30.3 Å². The lowest BCUT2D eigenvalue weighted by Gasteiger charge is -2.52. The van der Waals surface area contributed by atoms with E-state index in [4.69, 9.17) is 0 Å². The normalized spacial score (nSPS) is 29.6. The first kappa shape index (κ1) is 25.9. The SMILES string of the molecule is C[C@H]1CC[C@H](c2ccccc2)S(=O)(=O)N1Cc1cc(F)c(C2(CCc3ncn[nH]3)CC(C)(O)C2)cc1F. The number of rotatable bonds is 7. The molecule has 2 atom stereocenters. The second-order valence-electron chi connectivity index (χ2n) is 10.9. The molecule has 3 aromatic rings. The zero-order chi connectivity index (χ0) is 26.4. The van der Waals surface area contributed by atoms with Crippen LogP contribution in [0.1, 0.15) is 73.7 Å². The molecular formula is C27H32F2N4O3S. The fourth-order valence-corrected chi connectivity index (χ4v) is 8.44. The van der Waals surface area contributed by atoms with E-state index in [1.54, 1.807) is 38.1 Å². The molecule has 0 radical (unpaired) electrons. The van der Waals surface area contributed by atoms with Crippen molar-refractivity contribution in [2.24, 2.45) is 0 Å². The molecule has 10 heteroatoms. The van der Waals surface area contributed by atoms with Gasteiger partial charge in [0.1, 0.15) is 29.0 Å². The molecule has 2 heterocycles. The van der Waals surface area contributed by atoms with Crippen molar-refractivity contribution in [2.75, 3.05) is 0 Å². The lowest BCUT2D eigenvalue weighted by molar-refractivity contribution is -0.0802. The minimum absolute atomic E-state index is 0.00172. The molecule has 2 fully saturated rings.